The molecule has 3 rings (SSSR count). The van der Waals surface area contributed by atoms with Gasteiger partial charge in [-0.2, -0.15) is 0 Å². The van der Waals surface area contributed by atoms with Crippen molar-refractivity contribution in [3.05, 3.63) is 0 Å². The summed E-state index contributed by atoms with van der Waals surface area (Å²) >= 11 is 0. The number of amides is 1. The highest BCUT2D eigenvalue weighted by Gasteiger charge is 2.69. The summed E-state index contributed by atoms with van der Waals surface area (Å²) in [6, 6.07) is -0.336. The number of carbonyl (C=O) groups excluding carboxylic acids is 1. The van der Waals surface area contributed by atoms with Gasteiger partial charge in [-0.15, -0.1) is 0 Å². The van der Waals surface area contributed by atoms with Crippen LogP contribution in [0.15, 0.2) is 0 Å². The van der Waals surface area contributed by atoms with Crippen LogP contribution in [0.3, 0.4) is 0 Å². The van der Waals surface area contributed by atoms with Crippen molar-refractivity contribution in [2.75, 3.05) is 0 Å². The van der Waals surface area contributed by atoms with Crippen LogP contribution in [0.25, 0.3) is 0 Å². The summed E-state index contributed by atoms with van der Waals surface area (Å²) in [7, 11) is 0. The van der Waals surface area contributed by atoms with Crippen LogP contribution in [0.1, 0.15) is 38.5 Å². The van der Waals surface area contributed by atoms with Crippen molar-refractivity contribution in [1.29, 1.82) is 0 Å². The predicted molar refractivity (Wildman–Crippen MR) is 66.2 cm³/mol. The van der Waals surface area contributed by atoms with E-state index in [4.69, 9.17) is 5.11 Å². The Balaban J connectivity index is 1.56. The Morgan fingerprint density at radius 3 is 2.50 bits per heavy atom. The molecule has 3 fully saturated rings. The minimum Gasteiger partial charge on any atom is -0.481 e. The zero-order valence-electron chi connectivity index (χ0n) is 11.1. The molecular weight excluding hydrogens is 268 g/mol. The third-order valence-corrected chi connectivity index (χ3v) is 5.26. The van der Waals surface area contributed by atoms with Gasteiger partial charge in [0.05, 0.1) is 5.92 Å². The number of carbonyl (C=O) groups is 2. The Labute approximate surface area is 115 Å². The number of carboxylic acid groups (broad SMARTS) is 1. The van der Waals surface area contributed by atoms with Gasteiger partial charge < -0.3 is 10.4 Å². The number of aliphatic carboxylic acids is 1. The van der Waals surface area contributed by atoms with Crippen LogP contribution in [0.5, 0.6) is 0 Å². The van der Waals surface area contributed by atoms with Crippen molar-refractivity contribution in [2.24, 2.45) is 23.7 Å². The molecule has 112 valence electrons. The lowest BCUT2D eigenvalue weighted by atomic mass is 9.88. The molecule has 3 aliphatic rings. The molecule has 0 aromatic carbocycles. The van der Waals surface area contributed by atoms with Crippen molar-refractivity contribution in [1.82, 2.24) is 5.32 Å². The second-order valence-corrected chi connectivity index (χ2v) is 6.39. The largest absolute Gasteiger partial charge is 0.481 e. The normalized spacial score (nSPS) is 41.8. The standard InChI is InChI=1S/C14H19F2NO3/c15-14(16)9-5-4-7(6-10(9)14)12(18)17-11-3-1-2-8(11)13(19)20/h7-11H,1-6H2,(H,17,18)(H,19,20)/t7?,8-,9?,10?,11+/m1/s1. The van der Waals surface area contributed by atoms with Crippen LogP contribution in [0.2, 0.25) is 0 Å². The highest BCUT2D eigenvalue weighted by Crippen LogP contribution is 2.63. The summed E-state index contributed by atoms with van der Waals surface area (Å²) in [5.41, 5.74) is 0. The highest BCUT2D eigenvalue weighted by molar-refractivity contribution is 5.80. The molecule has 0 heterocycles. The molecule has 0 bridgehead atoms. The van der Waals surface area contributed by atoms with Gasteiger partial charge in [0.25, 0.3) is 5.92 Å². The van der Waals surface area contributed by atoms with Gasteiger partial charge in [0, 0.05) is 23.8 Å². The first-order valence-corrected chi connectivity index (χ1v) is 7.32. The summed E-state index contributed by atoms with van der Waals surface area (Å²) in [4.78, 5) is 23.2. The first-order valence-electron chi connectivity index (χ1n) is 7.32. The molecular formula is C14H19F2NO3. The van der Waals surface area contributed by atoms with E-state index in [1.807, 2.05) is 0 Å². The van der Waals surface area contributed by atoms with E-state index in [-0.39, 0.29) is 24.3 Å². The van der Waals surface area contributed by atoms with E-state index in [0.29, 0.717) is 25.7 Å². The lowest BCUT2D eigenvalue weighted by molar-refractivity contribution is -0.142. The molecule has 3 saturated carbocycles. The molecule has 20 heavy (non-hydrogen) atoms. The van der Waals surface area contributed by atoms with Crippen molar-refractivity contribution in [3.8, 4) is 0 Å². The molecule has 3 aliphatic carbocycles. The smallest absolute Gasteiger partial charge is 0.308 e. The number of carboxylic acids is 1. The van der Waals surface area contributed by atoms with Crippen molar-refractivity contribution in [2.45, 2.75) is 50.5 Å². The van der Waals surface area contributed by atoms with E-state index in [2.05, 4.69) is 5.32 Å². The number of hydrogen-bond donors (Lipinski definition) is 2. The van der Waals surface area contributed by atoms with Crippen LogP contribution < -0.4 is 5.32 Å². The Bertz CT molecular complexity index is 440. The first kappa shape index (κ1) is 13.8. The van der Waals surface area contributed by atoms with E-state index in [0.717, 1.165) is 6.42 Å². The van der Waals surface area contributed by atoms with Gasteiger partial charge in [0.2, 0.25) is 5.91 Å². The number of nitrogens with one attached hydrogen (secondary N) is 1. The zero-order chi connectivity index (χ0) is 14.5. The van der Waals surface area contributed by atoms with E-state index in [1.165, 1.54) is 0 Å². The Kier molecular flexibility index (Phi) is 3.21. The van der Waals surface area contributed by atoms with Gasteiger partial charge in [-0.25, -0.2) is 8.78 Å². The second-order valence-electron chi connectivity index (χ2n) is 6.39. The van der Waals surface area contributed by atoms with E-state index in [9.17, 15) is 18.4 Å². The van der Waals surface area contributed by atoms with E-state index < -0.39 is 29.6 Å². The molecule has 4 nitrogen and oxygen atoms in total. The van der Waals surface area contributed by atoms with Crippen molar-refractivity contribution >= 4 is 11.9 Å². The molecule has 2 N–H and O–H groups in total. The zero-order valence-corrected chi connectivity index (χ0v) is 11.1. The topological polar surface area (TPSA) is 66.4 Å². The van der Waals surface area contributed by atoms with Gasteiger partial charge in [-0.3, -0.25) is 9.59 Å². The first-order chi connectivity index (χ1) is 9.41. The van der Waals surface area contributed by atoms with Gasteiger partial charge in [-0.1, -0.05) is 6.42 Å². The number of alkyl halides is 2. The maximum atomic E-state index is 13.3. The van der Waals surface area contributed by atoms with Crippen LogP contribution >= 0.6 is 0 Å². The number of hydrogen-bond acceptors (Lipinski definition) is 2. The predicted octanol–water partition coefficient (Wildman–Crippen LogP) is 2.04. The lowest BCUT2D eigenvalue weighted by Gasteiger charge is -2.23. The Morgan fingerprint density at radius 2 is 1.85 bits per heavy atom. The monoisotopic (exact) mass is 287 g/mol. The minimum atomic E-state index is -2.58. The Morgan fingerprint density at radius 1 is 1.10 bits per heavy atom. The average Bonchev–Trinajstić information content (AvgIpc) is 2.77. The molecule has 0 aliphatic heterocycles. The average molecular weight is 287 g/mol. The molecule has 0 aromatic heterocycles. The molecule has 1 amide bonds. The molecule has 0 radical (unpaired) electrons. The van der Waals surface area contributed by atoms with E-state index >= 15 is 0 Å². The summed E-state index contributed by atoms with van der Waals surface area (Å²) in [6.07, 6.45) is 3.17. The fourth-order valence-corrected chi connectivity index (χ4v) is 3.95. The summed E-state index contributed by atoms with van der Waals surface area (Å²) in [5, 5.41) is 11.9. The number of rotatable bonds is 3. The summed E-state index contributed by atoms with van der Waals surface area (Å²) < 4.78 is 26.6. The molecule has 0 spiro atoms. The van der Waals surface area contributed by atoms with Crippen LogP contribution in [0, 0.1) is 23.7 Å². The molecule has 3 unspecified atom stereocenters. The molecule has 0 saturated heterocycles. The maximum Gasteiger partial charge on any atom is 0.308 e. The second kappa shape index (κ2) is 4.67. The van der Waals surface area contributed by atoms with Crippen molar-refractivity contribution < 1.29 is 23.5 Å². The lowest BCUT2D eigenvalue weighted by Crippen LogP contribution is -2.43. The summed E-state index contributed by atoms with van der Waals surface area (Å²) in [6.45, 7) is 0. The highest BCUT2D eigenvalue weighted by atomic mass is 19.3. The van der Waals surface area contributed by atoms with Gasteiger partial charge in [0.15, 0.2) is 0 Å². The molecule has 0 aromatic rings. The van der Waals surface area contributed by atoms with Crippen LogP contribution in [-0.4, -0.2) is 28.9 Å². The summed E-state index contributed by atoms with van der Waals surface area (Å²) in [5.74, 6) is -5.76. The van der Waals surface area contributed by atoms with Gasteiger partial charge >= 0.3 is 5.97 Å². The third kappa shape index (κ3) is 2.19. The van der Waals surface area contributed by atoms with Gasteiger partial charge in [0.1, 0.15) is 0 Å². The number of halogens is 2. The fraction of sp³-hybridized carbons (Fsp3) is 0.857. The number of fused-ring (bicyclic) bond motifs is 1. The molecule has 6 heteroatoms. The fourth-order valence-electron chi connectivity index (χ4n) is 3.95. The molecule has 5 atom stereocenters. The minimum absolute atomic E-state index is 0.232. The SMILES string of the molecule is O=C(N[C@H]1CCC[C@H]1C(=O)O)C1CCC2C(C1)C2(F)F. The van der Waals surface area contributed by atoms with Crippen LogP contribution in [-0.2, 0) is 9.59 Å². The quantitative estimate of drug-likeness (QED) is 0.834. The maximum absolute atomic E-state index is 13.3. The third-order valence-electron chi connectivity index (χ3n) is 5.26. The van der Waals surface area contributed by atoms with Gasteiger partial charge in [-0.05, 0) is 32.1 Å². The van der Waals surface area contributed by atoms with Crippen molar-refractivity contribution in [3.63, 3.8) is 0 Å². The van der Waals surface area contributed by atoms with E-state index in [1.54, 1.807) is 0 Å². The Hall–Kier alpha value is -1.20. The van der Waals surface area contributed by atoms with Crippen LogP contribution in [0.4, 0.5) is 8.78 Å².